The van der Waals surface area contributed by atoms with Gasteiger partial charge in [-0.25, -0.2) is 0 Å². The van der Waals surface area contributed by atoms with Crippen LogP contribution in [0.4, 0.5) is 0 Å². The Kier molecular flexibility index (Phi) is 7.09. The third kappa shape index (κ3) is 7.11. The molecule has 0 aliphatic rings. The van der Waals surface area contributed by atoms with E-state index in [0.29, 0.717) is 12.5 Å². The summed E-state index contributed by atoms with van der Waals surface area (Å²) in [6, 6.07) is 1.84. The molecule has 1 aromatic heterocycles. The van der Waals surface area contributed by atoms with E-state index in [4.69, 9.17) is 13.9 Å². The predicted octanol–water partition coefficient (Wildman–Crippen LogP) is 4.53. The summed E-state index contributed by atoms with van der Waals surface area (Å²) in [6.45, 7) is 20.9. The lowest BCUT2D eigenvalue weighted by Gasteiger charge is -2.36. The fourth-order valence-electron chi connectivity index (χ4n) is 1.95. The van der Waals surface area contributed by atoms with E-state index in [1.807, 2.05) is 40.7 Å². The molecule has 0 fully saturated rings. The minimum absolute atomic E-state index is 0.00837. The molecule has 1 heterocycles. The first kappa shape index (κ1) is 22.7. The first-order valence-corrected chi connectivity index (χ1v) is 12.1. The molecule has 0 atom stereocenters. The SMILES string of the molecule is CC(C)Oc1cc(CO[Si](C)(C)C(C)(C)C)n(CC(=O)OC(C)(C)C)n1. The highest BCUT2D eigenvalue weighted by atomic mass is 28.4. The second-order valence-electron chi connectivity index (χ2n) is 9.43. The van der Waals surface area contributed by atoms with Crippen molar-refractivity contribution in [3.63, 3.8) is 0 Å². The molecule has 0 N–H and O–H groups in total. The van der Waals surface area contributed by atoms with E-state index in [1.54, 1.807) is 4.68 Å². The number of ether oxygens (including phenoxy) is 2. The number of nitrogens with zero attached hydrogens (tertiary/aromatic N) is 2. The van der Waals surface area contributed by atoms with E-state index in [9.17, 15) is 4.79 Å². The zero-order valence-electron chi connectivity index (χ0n) is 18.1. The van der Waals surface area contributed by atoms with Gasteiger partial charge in [0.15, 0.2) is 8.32 Å². The topological polar surface area (TPSA) is 62.6 Å². The Morgan fingerprint density at radius 3 is 2.23 bits per heavy atom. The molecular weight excluding hydrogens is 348 g/mol. The largest absolute Gasteiger partial charge is 0.474 e. The Morgan fingerprint density at radius 1 is 1.19 bits per heavy atom. The maximum absolute atomic E-state index is 12.2. The quantitative estimate of drug-likeness (QED) is 0.510. The third-order valence-corrected chi connectivity index (χ3v) is 8.76. The lowest BCUT2D eigenvalue weighted by atomic mass is 10.2. The second kappa shape index (κ2) is 8.13. The van der Waals surface area contributed by atoms with Gasteiger partial charge >= 0.3 is 5.97 Å². The van der Waals surface area contributed by atoms with Gasteiger partial charge in [-0.15, -0.1) is 5.10 Å². The number of rotatable bonds is 7. The van der Waals surface area contributed by atoms with Gasteiger partial charge in [-0.1, -0.05) is 20.8 Å². The monoisotopic (exact) mass is 384 g/mol. The number of hydrogen-bond acceptors (Lipinski definition) is 5. The van der Waals surface area contributed by atoms with Gasteiger partial charge in [0.05, 0.1) is 18.4 Å². The fraction of sp³-hybridized carbons (Fsp3) is 0.789. The van der Waals surface area contributed by atoms with Crippen molar-refractivity contribution in [2.75, 3.05) is 0 Å². The van der Waals surface area contributed by atoms with Gasteiger partial charge in [0.25, 0.3) is 0 Å². The minimum Gasteiger partial charge on any atom is -0.474 e. The van der Waals surface area contributed by atoms with E-state index in [0.717, 1.165) is 5.69 Å². The van der Waals surface area contributed by atoms with E-state index in [-0.39, 0.29) is 23.7 Å². The molecule has 0 unspecified atom stereocenters. The molecule has 0 aliphatic heterocycles. The maximum atomic E-state index is 12.2. The van der Waals surface area contributed by atoms with E-state index in [2.05, 4.69) is 39.0 Å². The number of esters is 1. The molecule has 0 aromatic carbocycles. The number of hydrogen-bond donors (Lipinski definition) is 0. The van der Waals surface area contributed by atoms with Crippen LogP contribution in [0.5, 0.6) is 5.88 Å². The van der Waals surface area contributed by atoms with Gasteiger partial charge in [-0.2, -0.15) is 0 Å². The molecule has 6 nitrogen and oxygen atoms in total. The van der Waals surface area contributed by atoms with Crippen molar-refractivity contribution in [1.82, 2.24) is 9.78 Å². The zero-order valence-corrected chi connectivity index (χ0v) is 19.1. The van der Waals surface area contributed by atoms with Crippen LogP contribution in [-0.4, -0.2) is 35.8 Å². The Morgan fingerprint density at radius 2 is 1.77 bits per heavy atom. The molecule has 1 rings (SSSR count). The van der Waals surface area contributed by atoms with Crippen molar-refractivity contribution in [2.24, 2.45) is 0 Å². The van der Waals surface area contributed by atoms with Crippen LogP contribution in [0.3, 0.4) is 0 Å². The molecule has 0 radical (unpaired) electrons. The van der Waals surface area contributed by atoms with Crippen molar-refractivity contribution in [3.8, 4) is 5.88 Å². The zero-order chi connectivity index (χ0) is 20.3. The summed E-state index contributed by atoms with van der Waals surface area (Å²) in [5.41, 5.74) is 0.288. The van der Waals surface area contributed by atoms with Crippen LogP contribution in [0.15, 0.2) is 6.07 Å². The summed E-state index contributed by atoms with van der Waals surface area (Å²) < 4.78 is 19.0. The normalized spacial score (nSPS) is 13.2. The lowest BCUT2D eigenvalue weighted by molar-refractivity contribution is -0.155. The van der Waals surface area contributed by atoms with Crippen LogP contribution in [0.2, 0.25) is 18.1 Å². The van der Waals surface area contributed by atoms with Crippen molar-refractivity contribution >= 4 is 14.3 Å². The van der Waals surface area contributed by atoms with E-state index in [1.165, 1.54) is 0 Å². The van der Waals surface area contributed by atoms with Crippen molar-refractivity contribution in [3.05, 3.63) is 11.8 Å². The summed E-state index contributed by atoms with van der Waals surface area (Å²) in [5, 5.41) is 4.52. The molecule has 0 aliphatic carbocycles. The average molecular weight is 385 g/mol. The third-order valence-electron chi connectivity index (χ3n) is 4.28. The second-order valence-corrected chi connectivity index (χ2v) is 14.2. The molecule has 0 saturated carbocycles. The van der Waals surface area contributed by atoms with Crippen LogP contribution in [0, 0.1) is 0 Å². The summed E-state index contributed by atoms with van der Waals surface area (Å²) in [7, 11) is -1.91. The minimum atomic E-state index is -1.91. The number of carbonyl (C=O) groups excluding carboxylic acids is 1. The Labute approximate surface area is 159 Å². The first-order valence-electron chi connectivity index (χ1n) is 9.20. The lowest BCUT2D eigenvalue weighted by Crippen LogP contribution is -2.40. The molecule has 0 bridgehead atoms. The van der Waals surface area contributed by atoms with Gasteiger partial charge in [0, 0.05) is 6.07 Å². The van der Waals surface area contributed by atoms with Gasteiger partial charge in [-0.05, 0) is 52.8 Å². The molecule has 150 valence electrons. The van der Waals surface area contributed by atoms with Crippen molar-refractivity contribution < 1.29 is 18.7 Å². The smallest absolute Gasteiger partial charge is 0.328 e. The highest BCUT2D eigenvalue weighted by molar-refractivity contribution is 6.74. The van der Waals surface area contributed by atoms with Gasteiger partial charge in [0.1, 0.15) is 12.1 Å². The number of aromatic nitrogens is 2. The van der Waals surface area contributed by atoms with E-state index < -0.39 is 13.9 Å². The van der Waals surface area contributed by atoms with Gasteiger partial charge < -0.3 is 13.9 Å². The highest BCUT2D eigenvalue weighted by Gasteiger charge is 2.37. The Balaban J connectivity index is 2.97. The first-order chi connectivity index (χ1) is 11.6. The molecule has 0 spiro atoms. The molecule has 1 aromatic rings. The summed E-state index contributed by atoms with van der Waals surface area (Å²) in [6.07, 6.45) is 0.00837. The van der Waals surface area contributed by atoms with Crippen molar-refractivity contribution in [2.45, 2.75) is 98.4 Å². The number of carbonyl (C=O) groups is 1. The predicted molar refractivity (Wildman–Crippen MR) is 106 cm³/mol. The van der Waals surface area contributed by atoms with Crippen LogP contribution in [0.25, 0.3) is 0 Å². The van der Waals surface area contributed by atoms with Crippen molar-refractivity contribution in [1.29, 1.82) is 0 Å². The summed E-state index contributed by atoms with van der Waals surface area (Å²) >= 11 is 0. The molecule has 0 saturated heterocycles. The van der Waals surface area contributed by atoms with Gasteiger partial charge in [0.2, 0.25) is 5.88 Å². The fourth-order valence-corrected chi connectivity index (χ4v) is 2.89. The van der Waals surface area contributed by atoms with Crippen LogP contribution in [0.1, 0.15) is 61.1 Å². The summed E-state index contributed by atoms with van der Waals surface area (Å²) in [4.78, 5) is 12.2. The standard InChI is InChI=1S/C19H36N2O4Si/c1-14(2)24-16-11-15(13-23-26(9,10)19(6,7)8)21(20-16)12-17(22)25-18(3,4)5/h11,14H,12-13H2,1-10H3. The molecule has 26 heavy (non-hydrogen) atoms. The molecule has 0 amide bonds. The summed E-state index contributed by atoms with van der Waals surface area (Å²) in [5.74, 6) is 0.169. The Hall–Kier alpha value is -1.34. The van der Waals surface area contributed by atoms with Gasteiger partial charge in [-0.3, -0.25) is 9.48 Å². The average Bonchev–Trinajstić information content (AvgIpc) is 2.73. The van der Waals surface area contributed by atoms with Crippen LogP contribution in [-0.2, 0) is 27.1 Å². The van der Waals surface area contributed by atoms with Crippen LogP contribution >= 0.6 is 0 Å². The highest BCUT2D eigenvalue weighted by Crippen LogP contribution is 2.37. The maximum Gasteiger partial charge on any atom is 0.328 e. The molecule has 7 heteroatoms. The van der Waals surface area contributed by atoms with E-state index >= 15 is 0 Å². The van der Waals surface area contributed by atoms with Crippen LogP contribution < -0.4 is 4.74 Å². The Bertz CT molecular complexity index is 610. The molecular formula is C19H36N2O4Si.